The molecule has 8 heteroatoms. The number of H-pyrrole nitrogens is 1. The van der Waals surface area contributed by atoms with Crippen molar-refractivity contribution in [3.05, 3.63) is 67.0 Å². The number of sulfone groups is 1. The summed E-state index contributed by atoms with van der Waals surface area (Å²) in [7, 11) is -1.15. The Kier molecular flexibility index (Phi) is 6.60. The SMILES string of the molecule is CN1CCN(c2ccc(-c3cnc4[nH]cc(-c5ccc(S(=O)(=O)CCCN)cc5)c4c3)cc2)CC1. The topological polar surface area (TPSA) is 95.3 Å². The zero-order valence-corrected chi connectivity index (χ0v) is 20.8. The summed E-state index contributed by atoms with van der Waals surface area (Å²) in [4.78, 5) is 13.0. The van der Waals surface area contributed by atoms with Crippen LogP contribution < -0.4 is 10.6 Å². The van der Waals surface area contributed by atoms with Crippen LogP contribution in [0.3, 0.4) is 0 Å². The van der Waals surface area contributed by atoms with E-state index in [4.69, 9.17) is 5.73 Å². The zero-order valence-electron chi connectivity index (χ0n) is 19.9. The molecule has 1 aliphatic rings. The lowest BCUT2D eigenvalue weighted by Crippen LogP contribution is -2.44. The lowest BCUT2D eigenvalue weighted by atomic mass is 10.0. The van der Waals surface area contributed by atoms with Gasteiger partial charge in [-0.1, -0.05) is 24.3 Å². The van der Waals surface area contributed by atoms with Crippen molar-refractivity contribution in [3.8, 4) is 22.3 Å². The number of likely N-dealkylation sites (N-methyl/N-ethyl adjacent to an activating group) is 1. The molecule has 0 amide bonds. The normalized spacial score (nSPS) is 15.1. The second kappa shape index (κ2) is 9.81. The molecule has 3 N–H and O–H groups in total. The fourth-order valence-electron chi connectivity index (χ4n) is 4.56. The molecule has 0 atom stereocenters. The van der Waals surface area contributed by atoms with Crippen LogP contribution in [0.2, 0.25) is 0 Å². The van der Waals surface area contributed by atoms with E-state index in [1.54, 1.807) is 12.1 Å². The molecule has 4 aromatic rings. The summed E-state index contributed by atoms with van der Waals surface area (Å²) in [5, 5.41) is 1.00. The van der Waals surface area contributed by atoms with E-state index in [1.807, 2.05) is 24.5 Å². The first kappa shape index (κ1) is 23.5. The second-order valence-electron chi connectivity index (χ2n) is 9.15. The summed E-state index contributed by atoms with van der Waals surface area (Å²) in [6.45, 7) is 4.62. The third kappa shape index (κ3) is 4.96. The molecular formula is C27H31N5O2S. The Morgan fingerprint density at radius 2 is 1.63 bits per heavy atom. The molecule has 1 fully saturated rings. The molecular weight excluding hydrogens is 458 g/mol. The van der Waals surface area contributed by atoms with Crippen LogP contribution in [0.1, 0.15) is 6.42 Å². The number of piperazine rings is 1. The average Bonchev–Trinajstić information content (AvgIpc) is 3.31. The number of pyridine rings is 1. The van der Waals surface area contributed by atoms with Gasteiger partial charge in [0, 0.05) is 60.8 Å². The zero-order chi connectivity index (χ0) is 24.4. The van der Waals surface area contributed by atoms with E-state index >= 15 is 0 Å². The molecule has 0 bridgehead atoms. The number of nitrogens with one attached hydrogen (secondary N) is 1. The van der Waals surface area contributed by atoms with E-state index in [1.165, 1.54) is 5.69 Å². The predicted molar refractivity (Wildman–Crippen MR) is 142 cm³/mol. The molecule has 35 heavy (non-hydrogen) atoms. The summed E-state index contributed by atoms with van der Waals surface area (Å²) >= 11 is 0. The van der Waals surface area contributed by atoms with Crippen LogP contribution in [0, 0.1) is 0 Å². The molecule has 0 radical (unpaired) electrons. The molecule has 182 valence electrons. The van der Waals surface area contributed by atoms with E-state index in [0.29, 0.717) is 17.9 Å². The fraction of sp³-hybridized carbons (Fsp3) is 0.296. The Bertz CT molecular complexity index is 1400. The third-order valence-corrected chi connectivity index (χ3v) is 8.56. The van der Waals surface area contributed by atoms with Crippen molar-refractivity contribution in [1.82, 2.24) is 14.9 Å². The van der Waals surface area contributed by atoms with Crippen LogP contribution in [-0.4, -0.2) is 68.8 Å². The van der Waals surface area contributed by atoms with Crippen molar-refractivity contribution in [2.45, 2.75) is 11.3 Å². The fourth-order valence-corrected chi connectivity index (χ4v) is 5.90. The van der Waals surface area contributed by atoms with Gasteiger partial charge in [-0.05, 0) is 61.5 Å². The van der Waals surface area contributed by atoms with Gasteiger partial charge in [-0.3, -0.25) is 0 Å². The van der Waals surface area contributed by atoms with Crippen molar-refractivity contribution in [3.63, 3.8) is 0 Å². The lowest BCUT2D eigenvalue weighted by Gasteiger charge is -2.34. The summed E-state index contributed by atoms with van der Waals surface area (Å²) in [5.41, 5.74) is 11.6. The number of anilines is 1. The van der Waals surface area contributed by atoms with Gasteiger partial charge in [0.15, 0.2) is 9.84 Å². The third-order valence-electron chi connectivity index (χ3n) is 6.74. The molecule has 0 unspecified atom stereocenters. The van der Waals surface area contributed by atoms with E-state index in [2.05, 4.69) is 57.1 Å². The number of nitrogens with zero attached hydrogens (tertiary/aromatic N) is 3. The van der Waals surface area contributed by atoms with Crippen molar-refractivity contribution in [2.24, 2.45) is 5.73 Å². The van der Waals surface area contributed by atoms with Crippen molar-refractivity contribution in [1.29, 1.82) is 0 Å². The molecule has 2 aromatic heterocycles. The Labute approximate surface area is 206 Å². The minimum absolute atomic E-state index is 0.0663. The van der Waals surface area contributed by atoms with Gasteiger partial charge < -0.3 is 20.5 Å². The molecule has 1 aliphatic heterocycles. The number of aromatic nitrogens is 2. The summed E-state index contributed by atoms with van der Waals surface area (Å²) in [6.07, 6.45) is 4.27. The van der Waals surface area contributed by atoms with Gasteiger partial charge in [-0.15, -0.1) is 0 Å². The number of fused-ring (bicyclic) bond motifs is 1. The summed E-state index contributed by atoms with van der Waals surface area (Å²) < 4.78 is 24.9. The maximum absolute atomic E-state index is 12.5. The van der Waals surface area contributed by atoms with Crippen LogP contribution in [0.25, 0.3) is 33.3 Å². The Morgan fingerprint density at radius 3 is 2.31 bits per heavy atom. The maximum Gasteiger partial charge on any atom is 0.178 e. The standard InChI is InChI=1S/C27H31N5O2S/c1-31-12-14-32(15-13-31)23-7-3-20(4-8-23)22-17-25-26(19-30-27(25)29-18-22)21-5-9-24(10-6-21)35(33,34)16-2-11-28/h3-10,17-19H,2,11-16,28H2,1H3,(H,29,30). The van der Waals surface area contributed by atoms with Crippen LogP contribution in [-0.2, 0) is 9.84 Å². The smallest absolute Gasteiger partial charge is 0.178 e. The van der Waals surface area contributed by atoms with Gasteiger partial charge in [0.05, 0.1) is 10.6 Å². The highest BCUT2D eigenvalue weighted by Crippen LogP contribution is 2.32. The number of nitrogens with two attached hydrogens (primary N) is 1. The maximum atomic E-state index is 12.5. The van der Waals surface area contributed by atoms with Gasteiger partial charge in [0.2, 0.25) is 0 Å². The first-order valence-electron chi connectivity index (χ1n) is 12.0. The Morgan fingerprint density at radius 1 is 0.943 bits per heavy atom. The van der Waals surface area contributed by atoms with Crippen LogP contribution in [0.4, 0.5) is 5.69 Å². The van der Waals surface area contributed by atoms with Crippen LogP contribution in [0.15, 0.2) is 71.9 Å². The average molecular weight is 490 g/mol. The van der Waals surface area contributed by atoms with Gasteiger partial charge in [0.25, 0.3) is 0 Å². The van der Waals surface area contributed by atoms with E-state index in [-0.39, 0.29) is 5.75 Å². The molecule has 0 aliphatic carbocycles. The number of aromatic amines is 1. The quantitative estimate of drug-likeness (QED) is 0.410. The number of hydrogen-bond acceptors (Lipinski definition) is 6. The largest absolute Gasteiger partial charge is 0.369 e. The van der Waals surface area contributed by atoms with Crippen LogP contribution >= 0.6 is 0 Å². The van der Waals surface area contributed by atoms with E-state index in [0.717, 1.165) is 59.5 Å². The second-order valence-corrected chi connectivity index (χ2v) is 11.3. The summed E-state index contributed by atoms with van der Waals surface area (Å²) in [6, 6.07) is 17.9. The number of hydrogen-bond donors (Lipinski definition) is 2. The first-order valence-corrected chi connectivity index (χ1v) is 13.6. The first-order chi connectivity index (χ1) is 16.9. The van der Waals surface area contributed by atoms with E-state index in [9.17, 15) is 8.42 Å². The van der Waals surface area contributed by atoms with Gasteiger partial charge in [-0.2, -0.15) is 0 Å². The molecule has 7 nitrogen and oxygen atoms in total. The molecule has 3 heterocycles. The predicted octanol–water partition coefficient (Wildman–Crippen LogP) is 3.77. The number of rotatable bonds is 7. The molecule has 1 saturated heterocycles. The van der Waals surface area contributed by atoms with E-state index < -0.39 is 9.84 Å². The van der Waals surface area contributed by atoms with Gasteiger partial charge >= 0.3 is 0 Å². The summed E-state index contributed by atoms with van der Waals surface area (Å²) in [5.74, 6) is 0.0663. The van der Waals surface area contributed by atoms with Crippen LogP contribution in [0.5, 0.6) is 0 Å². The van der Waals surface area contributed by atoms with Gasteiger partial charge in [-0.25, -0.2) is 13.4 Å². The molecule has 2 aromatic carbocycles. The Hall–Kier alpha value is -3.20. The highest BCUT2D eigenvalue weighted by atomic mass is 32.2. The van der Waals surface area contributed by atoms with Crippen molar-refractivity contribution < 1.29 is 8.42 Å². The van der Waals surface area contributed by atoms with Gasteiger partial charge in [0.1, 0.15) is 5.65 Å². The minimum Gasteiger partial charge on any atom is -0.369 e. The lowest BCUT2D eigenvalue weighted by molar-refractivity contribution is 0.313. The minimum atomic E-state index is -3.31. The Balaban J connectivity index is 1.40. The van der Waals surface area contributed by atoms with Crippen molar-refractivity contribution in [2.75, 3.05) is 50.4 Å². The highest BCUT2D eigenvalue weighted by molar-refractivity contribution is 7.91. The highest BCUT2D eigenvalue weighted by Gasteiger charge is 2.16. The molecule has 0 saturated carbocycles. The molecule has 5 rings (SSSR count). The molecule has 0 spiro atoms. The van der Waals surface area contributed by atoms with Crippen molar-refractivity contribution >= 4 is 26.6 Å². The number of benzene rings is 2. The monoisotopic (exact) mass is 489 g/mol.